The van der Waals surface area contributed by atoms with Crippen molar-refractivity contribution in [2.75, 3.05) is 13.7 Å². The molecule has 0 bridgehead atoms. The number of rotatable bonds is 7. The van der Waals surface area contributed by atoms with E-state index in [1.807, 2.05) is 43.4 Å². The molecule has 0 saturated carbocycles. The summed E-state index contributed by atoms with van der Waals surface area (Å²) in [5.41, 5.74) is 1.13. The van der Waals surface area contributed by atoms with E-state index < -0.39 is 0 Å². The van der Waals surface area contributed by atoms with Crippen molar-refractivity contribution in [3.8, 4) is 17.4 Å². The molecule has 0 unspecified atom stereocenters. The summed E-state index contributed by atoms with van der Waals surface area (Å²) in [5.74, 6) is 2.01. The van der Waals surface area contributed by atoms with E-state index in [2.05, 4.69) is 17.2 Å². The average molecular weight is 272 g/mol. The summed E-state index contributed by atoms with van der Waals surface area (Å²) in [6, 6.07) is 11.5. The largest absolute Gasteiger partial charge is 0.490 e. The second-order valence-electron chi connectivity index (χ2n) is 4.43. The van der Waals surface area contributed by atoms with Crippen LogP contribution in [0, 0.1) is 0 Å². The molecule has 0 aliphatic rings. The Morgan fingerprint density at radius 1 is 1.15 bits per heavy atom. The fourth-order valence-corrected chi connectivity index (χ4v) is 1.80. The van der Waals surface area contributed by atoms with Gasteiger partial charge in [0.15, 0.2) is 11.5 Å². The van der Waals surface area contributed by atoms with Crippen LogP contribution in [0.3, 0.4) is 0 Å². The predicted octanol–water partition coefficient (Wildman–Crippen LogP) is 3.38. The van der Waals surface area contributed by atoms with Gasteiger partial charge in [-0.1, -0.05) is 19.1 Å². The Morgan fingerprint density at radius 3 is 2.70 bits per heavy atom. The fourth-order valence-electron chi connectivity index (χ4n) is 1.80. The Labute approximate surface area is 119 Å². The summed E-state index contributed by atoms with van der Waals surface area (Å²) in [5, 5.41) is 3.11. The lowest BCUT2D eigenvalue weighted by Crippen LogP contribution is -2.05. The second-order valence-corrected chi connectivity index (χ2v) is 4.43. The van der Waals surface area contributed by atoms with Crippen LogP contribution in [0.1, 0.15) is 18.9 Å². The highest BCUT2D eigenvalue weighted by Gasteiger charge is 2.06. The first-order valence-corrected chi connectivity index (χ1v) is 6.82. The predicted molar refractivity (Wildman–Crippen MR) is 79.3 cm³/mol. The second kappa shape index (κ2) is 7.50. The molecule has 0 amide bonds. The Balaban J connectivity index is 2.14. The number of ether oxygens (including phenoxy) is 2. The minimum absolute atomic E-state index is 0.574. The lowest BCUT2D eigenvalue weighted by atomic mass is 10.2. The molecule has 1 N–H and O–H groups in total. The van der Waals surface area contributed by atoms with Crippen molar-refractivity contribution in [2.24, 2.45) is 0 Å². The van der Waals surface area contributed by atoms with Gasteiger partial charge < -0.3 is 14.8 Å². The van der Waals surface area contributed by atoms with Gasteiger partial charge in [0.2, 0.25) is 5.88 Å². The number of nitrogens with one attached hydrogen (secondary N) is 1. The van der Waals surface area contributed by atoms with E-state index in [0.29, 0.717) is 18.2 Å². The van der Waals surface area contributed by atoms with Crippen LogP contribution in [0.15, 0.2) is 42.6 Å². The van der Waals surface area contributed by atoms with Crippen molar-refractivity contribution in [2.45, 2.75) is 19.9 Å². The summed E-state index contributed by atoms with van der Waals surface area (Å²) in [4.78, 5) is 4.23. The maximum Gasteiger partial charge on any atom is 0.219 e. The van der Waals surface area contributed by atoms with Gasteiger partial charge in [-0.25, -0.2) is 4.98 Å². The zero-order valence-electron chi connectivity index (χ0n) is 11.9. The quantitative estimate of drug-likeness (QED) is 0.839. The third kappa shape index (κ3) is 3.96. The highest BCUT2D eigenvalue weighted by molar-refractivity contribution is 5.41. The maximum atomic E-state index is 5.83. The minimum atomic E-state index is 0.574. The third-order valence-corrected chi connectivity index (χ3v) is 2.71. The molecule has 1 aromatic heterocycles. The Bertz CT molecular complexity index is 544. The van der Waals surface area contributed by atoms with Gasteiger partial charge in [-0.05, 0) is 37.2 Å². The summed E-state index contributed by atoms with van der Waals surface area (Å²) >= 11 is 0. The number of nitrogens with zero attached hydrogens (tertiary/aromatic N) is 1. The summed E-state index contributed by atoms with van der Waals surface area (Å²) in [6.07, 6.45) is 2.71. The zero-order chi connectivity index (χ0) is 14.2. The highest BCUT2D eigenvalue weighted by Crippen LogP contribution is 2.30. The zero-order valence-corrected chi connectivity index (χ0v) is 11.9. The number of aromatic nitrogens is 1. The fraction of sp³-hybridized carbons (Fsp3) is 0.312. The van der Waals surface area contributed by atoms with Crippen LogP contribution in [-0.2, 0) is 6.54 Å². The van der Waals surface area contributed by atoms with Crippen molar-refractivity contribution >= 4 is 0 Å². The molecule has 2 aromatic rings. The van der Waals surface area contributed by atoms with Gasteiger partial charge >= 0.3 is 0 Å². The molecule has 1 aromatic carbocycles. The van der Waals surface area contributed by atoms with Gasteiger partial charge in [-0.3, -0.25) is 0 Å². The molecule has 2 rings (SSSR count). The SMILES string of the molecule is CCCOc1ccccc1Oc1cc(CNC)ccn1. The van der Waals surface area contributed by atoms with E-state index in [4.69, 9.17) is 9.47 Å². The van der Waals surface area contributed by atoms with Crippen molar-refractivity contribution < 1.29 is 9.47 Å². The van der Waals surface area contributed by atoms with Crippen molar-refractivity contribution in [3.63, 3.8) is 0 Å². The number of hydrogen-bond donors (Lipinski definition) is 1. The molecule has 0 saturated heterocycles. The van der Waals surface area contributed by atoms with Gasteiger partial charge in [0, 0.05) is 18.8 Å². The van der Waals surface area contributed by atoms with Crippen LogP contribution in [0.2, 0.25) is 0 Å². The minimum Gasteiger partial charge on any atom is -0.490 e. The first-order valence-electron chi connectivity index (χ1n) is 6.82. The molecule has 0 aliphatic heterocycles. The van der Waals surface area contributed by atoms with E-state index in [1.165, 1.54) is 0 Å². The van der Waals surface area contributed by atoms with Crippen LogP contribution < -0.4 is 14.8 Å². The van der Waals surface area contributed by atoms with Crippen molar-refractivity contribution in [1.82, 2.24) is 10.3 Å². The standard InChI is InChI=1S/C16H20N2O2/c1-3-10-19-14-6-4-5-7-15(14)20-16-11-13(12-17-2)8-9-18-16/h4-9,11,17H,3,10,12H2,1-2H3. The molecule has 106 valence electrons. The average Bonchev–Trinajstić information content (AvgIpc) is 2.47. The van der Waals surface area contributed by atoms with Gasteiger partial charge in [-0.2, -0.15) is 0 Å². The molecule has 4 heteroatoms. The van der Waals surface area contributed by atoms with E-state index in [1.54, 1.807) is 6.20 Å². The monoisotopic (exact) mass is 272 g/mol. The highest BCUT2D eigenvalue weighted by atomic mass is 16.5. The van der Waals surface area contributed by atoms with Crippen LogP contribution >= 0.6 is 0 Å². The number of pyridine rings is 1. The van der Waals surface area contributed by atoms with E-state index in [0.717, 1.165) is 24.3 Å². The van der Waals surface area contributed by atoms with E-state index in [9.17, 15) is 0 Å². The molecule has 0 radical (unpaired) electrons. The van der Waals surface area contributed by atoms with Gasteiger partial charge in [0.05, 0.1) is 6.61 Å². The molecule has 20 heavy (non-hydrogen) atoms. The van der Waals surface area contributed by atoms with Crippen LogP contribution in [0.4, 0.5) is 0 Å². The van der Waals surface area contributed by atoms with Crippen LogP contribution in [0.5, 0.6) is 17.4 Å². The number of hydrogen-bond acceptors (Lipinski definition) is 4. The molecule has 1 heterocycles. The molecule has 0 spiro atoms. The first-order chi connectivity index (χ1) is 9.83. The third-order valence-electron chi connectivity index (χ3n) is 2.71. The molecule has 0 aliphatic carbocycles. The smallest absolute Gasteiger partial charge is 0.219 e. The summed E-state index contributed by atoms with van der Waals surface area (Å²) in [6.45, 7) is 3.53. The Kier molecular flexibility index (Phi) is 5.38. The van der Waals surface area contributed by atoms with Gasteiger partial charge in [0.25, 0.3) is 0 Å². The van der Waals surface area contributed by atoms with Gasteiger partial charge in [-0.15, -0.1) is 0 Å². The molecule has 0 fully saturated rings. The molecule has 0 atom stereocenters. The summed E-state index contributed by atoms with van der Waals surface area (Å²) in [7, 11) is 1.91. The Morgan fingerprint density at radius 2 is 1.95 bits per heavy atom. The molecular weight excluding hydrogens is 252 g/mol. The Hall–Kier alpha value is -2.07. The lowest BCUT2D eigenvalue weighted by molar-refractivity contribution is 0.300. The normalized spacial score (nSPS) is 10.3. The first kappa shape index (κ1) is 14.3. The molecule has 4 nitrogen and oxygen atoms in total. The van der Waals surface area contributed by atoms with Crippen molar-refractivity contribution in [1.29, 1.82) is 0 Å². The maximum absolute atomic E-state index is 5.83. The van der Waals surface area contributed by atoms with Crippen molar-refractivity contribution in [3.05, 3.63) is 48.2 Å². The summed E-state index contributed by atoms with van der Waals surface area (Å²) < 4.78 is 11.5. The number of benzene rings is 1. The van der Waals surface area contributed by atoms with Crippen LogP contribution in [-0.4, -0.2) is 18.6 Å². The topological polar surface area (TPSA) is 43.4 Å². The van der Waals surface area contributed by atoms with Crippen LogP contribution in [0.25, 0.3) is 0 Å². The lowest BCUT2D eigenvalue weighted by Gasteiger charge is -2.11. The van der Waals surface area contributed by atoms with E-state index >= 15 is 0 Å². The van der Waals surface area contributed by atoms with Gasteiger partial charge in [0.1, 0.15) is 0 Å². The molecular formula is C16H20N2O2. The number of para-hydroxylation sites is 2. The van der Waals surface area contributed by atoms with E-state index in [-0.39, 0.29) is 0 Å².